The minimum Gasteiger partial charge on any atom is -0.480 e. The second-order valence-corrected chi connectivity index (χ2v) is 8.41. The first-order chi connectivity index (χ1) is 14.4. The lowest BCUT2D eigenvalue weighted by Crippen LogP contribution is -2.50. The van der Waals surface area contributed by atoms with E-state index in [9.17, 15) is 29.1 Å². The first-order valence-electron chi connectivity index (χ1n) is 9.42. The number of carbonyl (C=O) groups is 5. The van der Waals surface area contributed by atoms with E-state index in [1.807, 2.05) is 0 Å². The second-order valence-electron chi connectivity index (χ2n) is 7.17. The Morgan fingerprint density at radius 2 is 1.97 bits per heavy atom. The van der Waals surface area contributed by atoms with E-state index in [0.717, 1.165) is 16.7 Å². The first-order valence-corrected chi connectivity index (χ1v) is 10.5. The van der Waals surface area contributed by atoms with Crippen LogP contribution in [0.2, 0.25) is 0 Å². The largest absolute Gasteiger partial charge is 0.480 e. The third kappa shape index (κ3) is 8.32. The number of hydrogen-bond acceptors (Lipinski definition) is 9. The molecule has 0 saturated carbocycles. The summed E-state index contributed by atoms with van der Waals surface area (Å²) < 4.78 is 0. The highest BCUT2D eigenvalue weighted by Gasteiger charge is 2.46. The molecule has 0 aromatic heterocycles. The van der Waals surface area contributed by atoms with E-state index < -0.39 is 59.3 Å². The van der Waals surface area contributed by atoms with Gasteiger partial charge in [0.15, 0.2) is 0 Å². The predicted octanol–water partition coefficient (Wildman–Crippen LogP) is -3.10. The minimum atomic E-state index is -1.48. The maximum absolute atomic E-state index is 12.5. The molecule has 1 saturated heterocycles. The van der Waals surface area contributed by atoms with E-state index in [2.05, 4.69) is 10.6 Å². The van der Waals surface area contributed by atoms with E-state index >= 15 is 0 Å². The summed E-state index contributed by atoms with van der Waals surface area (Å²) in [7, 11) is 0. The van der Waals surface area contributed by atoms with E-state index in [0.29, 0.717) is 0 Å². The highest BCUT2D eigenvalue weighted by Crippen LogP contribution is 2.34. The van der Waals surface area contributed by atoms with Crippen LogP contribution in [0.15, 0.2) is 0 Å². The number of nitrogens with zero attached hydrogens (tertiary/aromatic N) is 1. The molecule has 1 fully saturated rings. The van der Waals surface area contributed by atoms with Crippen molar-refractivity contribution in [2.75, 3.05) is 25.4 Å². The lowest BCUT2D eigenvalue weighted by atomic mass is 10.1. The van der Waals surface area contributed by atoms with Crippen molar-refractivity contribution >= 4 is 41.4 Å². The van der Waals surface area contributed by atoms with Crippen molar-refractivity contribution in [2.45, 2.75) is 49.2 Å². The summed E-state index contributed by atoms with van der Waals surface area (Å²) in [5, 5.41) is 40.7. The molecule has 3 amide bonds. The average molecular weight is 464 g/mol. The Kier molecular flexibility index (Phi) is 10.2. The number of likely N-dealkylation sites (tertiary alicyclic amines) is 1. The molecule has 0 radical (unpaired) electrons. The molecule has 8 N–H and O–H groups in total. The molecule has 1 aliphatic heterocycles. The van der Waals surface area contributed by atoms with Crippen LogP contribution < -0.4 is 16.4 Å². The van der Waals surface area contributed by atoms with Crippen molar-refractivity contribution in [3.8, 4) is 0 Å². The van der Waals surface area contributed by atoms with Gasteiger partial charge in [-0.15, -0.1) is 11.8 Å². The lowest BCUT2D eigenvalue weighted by molar-refractivity contribution is -0.143. The number of aliphatic hydroxyl groups excluding tert-OH is 1. The van der Waals surface area contributed by atoms with E-state index in [1.54, 1.807) is 0 Å². The predicted molar refractivity (Wildman–Crippen MR) is 108 cm³/mol. The zero-order chi connectivity index (χ0) is 23.8. The van der Waals surface area contributed by atoms with Crippen molar-refractivity contribution in [2.24, 2.45) is 5.73 Å². The molecule has 0 aromatic carbocycles. The van der Waals surface area contributed by atoms with Gasteiger partial charge >= 0.3 is 11.9 Å². The van der Waals surface area contributed by atoms with Gasteiger partial charge in [-0.1, -0.05) is 0 Å². The lowest BCUT2D eigenvalue weighted by Gasteiger charge is -2.28. The van der Waals surface area contributed by atoms with Gasteiger partial charge in [0.2, 0.25) is 17.7 Å². The molecule has 31 heavy (non-hydrogen) atoms. The van der Waals surface area contributed by atoms with Gasteiger partial charge in [-0.25, -0.2) is 0 Å². The Hall–Kier alpha value is -2.42. The minimum absolute atomic E-state index is 0.0291. The molecule has 14 heteroatoms. The number of hydrogen-bond donors (Lipinski definition) is 7. The number of aliphatic carboxylic acids is 2. The summed E-state index contributed by atoms with van der Waals surface area (Å²) in [6.07, 6.45) is -0.415. The van der Waals surface area contributed by atoms with Crippen LogP contribution >= 0.6 is 11.8 Å². The van der Waals surface area contributed by atoms with Crippen LogP contribution in [0.1, 0.15) is 26.2 Å². The van der Waals surface area contributed by atoms with Crippen LogP contribution in [0, 0.1) is 0 Å². The Morgan fingerprint density at radius 3 is 2.52 bits per heavy atom. The van der Waals surface area contributed by atoms with Crippen LogP contribution in [-0.4, -0.2) is 103 Å². The highest BCUT2D eigenvalue weighted by molar-refractivity contribution is 8.00. The molecule has 0 bridgehead atoms. The van der Waals surface area contributed by atoms with Crippen molar-refractivity contribution in [3.63, 3.8) is 0 Å². The standard InChI is InChI=1S/C17H28N4O9S/c1-17(30)6-11(15(27)21(17)4-5-22)31-8-10(14(26)19-7-13(24)25)20-12(23)3-2-9(18)16(28)29/h9-11,22,30H,2-8,18H2,1H3,(H,19,26)(H,20,23)(H,24,25)(H,28,29)/t9-,10-,11?,17?/m0/s1. The van der Waals surface area contributed by atoms with Gasteiger partial charge in [0.05, 0.1) is 11.9 Å². The third-order valence-corrected chi connectivity index (χ3v) is 5.84. The number of carboxylic acids is 2. The summed E-state index contributed by atoms with van der Waals surface area (Å²) in [6.45, 7) is 0.340. The molecule has 1 rings (SSSR count). The van der Waals surface area contributed by atoms with Crippen molar-refractivity contribution < 1.29 is 44.4 Å². The molecule has 0 aromatic rings. The van der Waals surface area contributed by atoms with Gasteiger partial charge in [-0.3, -0.25) is 24.0 Å². The number of thioether (sulfide) groups is 1. The van der Waals surface area contributed by atoms with E-state index in [-0.39, 0.29) is 38.2 Å². The van der Waals surface area contributed by atoms with Crippen molar-refractivity contribution in [3.05, 3.63) is 0 Å². The number of carboxylic acid groups (broad SMARTS) is 2. The zero-order valence-corrected chi connectivity index (χ0v) is 17.8. The summed E-state index contributed by atoms with van der Waals surface area (Å²) >= 11 is 0.991. The van der Waals surface area contributed by atoms with E-state index in [1.165, 1.54) is 6.92 Å². The molecule has 13 nitrogen and oxygen atoms in total. The summed E-state index contributed by atoms with van der Waals surface area (Å²) in [5.74, 6) is -4.58. The molecule has 2 unspecified atom stereocenters. The van der Waals surface area contributed by atoms with Crippen LogP contribution in [0.5, 0.6) is 0 Å². The Labute approximate surface area is 182 Å². The Bertz CT molecular complexity index is 703. The first kappa shape index (κ1) is 26.6. The molecule has 0 spiro atoms. The topological polar surface area (TPSA) is 220 Å². The van der Waals surface area contributed by atoms with Crippen molar-refractivity contribution in [1.29, 1.82) is 0 Å². The summed E-state index contributed by atoms with van der Waals surface area (Å²) in [6, 6.07) is -2.46. The quantitative estimate of drug-likeness (QED) is 0.145. The monoisotopic (exact) mass is 464 g/mol. The fraction of sp³-hybridized carbons (Fsp3) is 0.706. The van der Waals surface area contributed by atoms with Crippen LogP contribution in [-0.2, 0) is 24.0 Å². The summed E-state index contributed by atoms with van der Waals surface area (Å²) in [4.78, 5) is 59.5. The normalized spacial score (nSPS) is 22.6. The molecular formula is C17H28N4O9S. The van der Waals surface area contributed by atoms with Gasteiger partial charge in [0.25, 0.3) is 0 Å². The van der Waals surface area contributed by atoms with Gasteiger partial charge < -0.3 is 41.7 Å². The Morgan fingerprint density at radius 1 is 1.32 bits per heavy atom. The van der Waals surface area contributed by atoms with Crippen LogP contribution in [0.25, 0.3) is 0 Å². The number of amides is 3. The number of aliphatic hydroxyl groups is 2. The number of nitrogens with one attached hydrogen (secondary N) is 2. The summed E-state index contributed by atoms with van der Waals surface area (Å²) in [5.41, 5.74) is 3.87. The number of nitrogens with two attached hydrogens (primary N) is 1. The Balaban J connectivity index is 2.77. The molecule has 176 valence electrons. The average Bonchev–Trinajstić information content (AvgIpc) is 2.90. The fourth-order valence-corrected chi connectivity index (χ4v) is 4.26. The molecule has 0 aliphatic carbocycles. The van der Waals surface area contributed by atoms with Gasteiger partial charge in [0, 0.05) is 25.1 Å². The van der Waals surface area contributed by atoms with Crippen LogP contribution in [0.3, 0.4) is 0 Å². The third-order valence-electron chi connectivity index (χ3n) is 4.55. The fourth-order valence-electron chi connectivity index (χ4n) is 2.90. The molecule has 1 heterocycles. The number of carbonyl (C=O) groups excluding carboxylic acids is 3. The van der Waals surface area contributed by atoms with Gasteiger partial charge in [-0.05, 0) is 13.3 Å². The molecule has 4 atom stereocenters. The van der Waals surface area contributed by atoms with Gasteiger partial charge in [0.1, 0.15) is 24.4 Å². The highest BCUT2D eigenvalue weighted by atomic mass is 32.2. The smallest absolute Gasteiger partial charge is 0.322 e. The zero-order valence-electron chi connectivity index (χ0n) is 16.9. The SMILES string of the molecule is CC1(O)CC(SC[C@H](NC(=O)CC[C@H](N)C(=O)O)C(=O)NCC(=O)O)C(=O)N1CCO. The van der Waals surface area contributed by atoms with Crippen LogP contribution in [0.4, 0.5) is 0 Å². The van der Waals surface area contributed by atoms with E-state index in [4.69, 9.17) is 21.1 Å². The van der Waals surface area contributed by atoms with Crippen molar-refractivity contribution in [1.82, 2.24) is 15.5 Å². The molecular weight excluding hydrogens is 436 g/mol. The van der Waals surface area contributed by atoms with Gasteiger partial charge in [-0.2, -0.15) is 0 Å². The number of β-amino-alcohol motifs (C(OH)–C–C–N with tert-alkyl or cyclic N) is 1. The number of rotatable bonds is 13. The maximum Gasteiger partial charge on any atom is 0.322 e. The maximum atomic E-state index is 12.5. The second kappa shape index (κ2) is 11.8. The molecule has 1 aliphatic rings.